The van der Waals surface area contributed by atoms with Crippen molar-refractivity contribution in [1.29, 1.82) is 0 Å². The lowest BCUT2D eigenvalue weighted by atomic mass is 10.9. The van der Waals surface area contributed by atoms with Gasteiger partial charge in [-0.15, -0.1) is 0 Å². The summed E-state index contributed by atoms with van der Waals surface area (Å²) in [6.45, 7) is 1.42. The lowest BCUT2D eigenvalue weighted by Crippen LogP contribution is -2.21. The van der Waals surface area contributed by atoms with Crippen LogP contribution in [0.1, 0.15) is 13.8 Å². The third-order valence-corrected chi connectivity index (χ3v) is 2.82. The summed E-state index contributed by atoms with van der Waals surface area (Å²) in [5.74, 6) is -2.62. The summed E-state index contributed by atoms with van der Waals surface area (Å²) in [4.78, 5) is 20.4. The van der Waals surface area contributed by atoms with Gasteiger partial charge in [-0.1, -0.05) is 3.63 Å². The number of carbonyl (C=O) groups excluding carboxylic acids is 2. The summed E-state index contributed by atoms with van der Waals surface area (Å²) in [6.07, 6.45) is 0. The molecule has 0 atom stereocenters. The van der Waals surface area contributed by atoms with Crippen LogP contribution in [0.3, 0.4) is 0 Å². The zero-order valence-corrected chi connectivity index (χ0v) is 9.12. The second-order valence-electron chi connectivity index (χ2n) is 2.03. The second kappa shape index (κ2) is 4.55. The van der Waals surface area contributed by atoms with Crippen molar-refractivity contribution in [2.75, 3.05) is 0 Å². The monoisotopic (exact) mass is 262 g/mol. The molecule has 0 fully saturated rings. The molecule has 0 aliphatic heterocycles. The normalized spacial score (nSPS) is 11.9. The zero-order valence-electron chi connectivity index (χ0n) is 7.49. The van der Waals surface area contributed by atoms with Crippen LogP contribution in [-0.4, -0.2) is 28.8 Å². The van der Waals surface area contributed by atoms with Gasteiger partial charge in [0.25, 0.3) is 0 Å². The van der Waals surface area contributed by atoms with E-state index in [9.17, 15) is 26.4 Å². The van der Waals surface area contributed by atoms with Crippen LogP contribution < -0.4 is 0 Å². The summed E-state index contributed by atoms with van der Waals surface area (Å²) in [5.41, 5.74) is 0. The van der Waals surface area contributed by atoms with Gasteiger partial charge >= 0.3 is 32.7 Å². The van der Waals surface area contributed by atoms with E-state index in [-0.39, 0.29) is 0 Å². The molecular weight excluding hydrogens is 256 g/mol. The Morgan fingerprint density at radius 3 is 1.27 bits per heavy atom. The first kappa shape index (κ1) is 13.8. The van der Waals surface area contributed by atoms with Crippen molar-refractivity contribution < 1.29 is 38.4 Å². The molecule has 0 N–H and O–H groups in total. The molecule has 0 aromatic rings. The predicted molar refractivity (Wildman–Crippen MR) is 42.5 cm³/mol. The highest BCUT2D eigenvalue weighted by molar-refractivity contribution is 7.95. The summed E-state index contributed by atoms with van der Waals surface area (Å²) in [5, 5.41) is 0. The van der Waals surface area contributed by atoms with Crippen LogP contribution in [0.15, 0.2) is 0 Å². The highest BCUT2D eigenvalue weighted by atomic mass is 32.3. The lowest BCUT2D eigenvalue weighted by Gasteiger charge is -2.03. The van der Waals surface area contributed by atoms with Crippen LogP contribution in [0.25, 0.3) is 0 Å². The van der Waals surface area contributed by atoms with E-state index >= 15 is 0 Å². The number of hydrogen-bond donors (Lipinski definition) is 0. The maximum atomic E-state index is 10.6. The predicted octanol–water partition coefficient (Wildman–Crippen LogP) is -1.38. The largest absolute Gasteiger partial charge is 0.468 e. The summed E-state index contributed by atoms with van der Waals surface area (Å²) < 4.78 is 52.7. The van der Waals surface area contributed by atoms with Gasteiger partial charge in [0.15, 0.2) is 0 Å². The summed E-state index contributed by atoms with van der Waals surface area (Å²) in [6, 6.07) is 0. The molecule has 0 amide bonds. The Morgan fingerprint density at radius 1 is 0.800 bits per heavy atom. The molecule has 0 saturated carbocycles. The van der Waals surface area contributed by atoms with Gasteiger partial charge < -0.3 is 8.37 Å². The Bertz CT molecular complexity index is 410. The van der Waals surface area contributed by atoms with Crippen LogP contribution >= 0.6 is 0 Å². The first-order chi connectivity index (χ1) is 6.54. The van der Waals surface area contributed by atoms with E-state index in [4.69, 9.17) is 0 Å². The smallest absolute Gasteiger partial charge is 0.324 e. The highest BCUT2D eigenvalue weighted by Gasteiger charge is 2.28. The topological polar surface area (TPSA) is 130 Å². The molecule has 0 aromatic carbocycles. The molecule has 15 heavy (non-hydrogen) atoms. The average molecular weight is 262 g/mol. The van der Waals surface area contributed by atoms with Crippen LogP contribution in [0, 0.1) is 0 Å². The molecule has 0 aliphatic rings. The molecule has 0 aliphatic carbocycles. The maximum absolute atomic E-state index is 10.6. The fourth-order valence-corrected chi connectivity index (χ4v) is 2.03. The van der Waals surface area contributed by atoms with E-state index < -0.39 is 32.7 Å². The van der Waals surface area contributed by atoms with Gasteiger partial charge in [-0.3, -0.25) is 9.59 Å². The minimum atomic E-state index is -5.10. The highest BCUT2D eigenvalue weighted by Crippen LogP contribution is 2.05. The molecule has 0 aromatic heterocycles. The number of hydrogen-bond acceptors (Lipinski definition) is 9. The second-order valence-corrected chi connectivity index (χ2v) is 4.55. The first-order valence-corrected chi connectivity index (χ1v) is 5.82. The van der Waals surface area contributed by atoms with Crippen LogP contribution in [-0.2, 0) is 42.4 Å². The van der Waals surface area contributed by atoms with E-state index in [1.807, 2.05) is 0 Å². The SMILES string of the molecule is CC(=O)OS(=O)(=O)OS(=O)(=O)OC(C)=O. The van der Waals surface area contributed by atoms with E-state index in [0.29, 0.717) is 13.8 Å². The minimum Gasteiger partial charge on any atom is -0.324 e. The van der Waals surface area contributed by atoms with E-state index in [1.54, 1.807) is 0 Å². The van der Waals surface area contributed by atoms with Crippen LogP contribution in [0.4, 0.5) is 0 Å². The molecule has 0 radical (unpaired) electrons. The van der Waals surface area contributed by atoms with Gasteiger partial charge in [-0.05, 0) is 0 Å². The Kier molecular flexibility index (Phi) is 4.18. The zero-order chi connectivity index (χ0) is 12.3. The summed E-state index contributed by atoms with van der Waals surface area (Å²) >= 11 is 0. The van der Waals surface area contributed by atoms with Crippen molar-refractivity contribution in [2.45, 2.75) is 13.8 Å². The van der Waals surface area contributed by atoms with Crippen LogP contribution in [0.2, 0.25) is 0 Å². The molecule has 0 saturated heterocycles. The van der Waals surface area contributed by atoms with Gasteiger partial charge in [0.2, 0.25) is 0 Å². The quantitative estimate of drug-likeness (QED) is 0.601. The van der Waals surface area contributed by atoms with Crippen molar-refractivity contribution >= 4 is 32.7 Å². The lowest BCUT2D eigenvalue weighted by molar-refractivity contribution is -0.132. The molecule has 0 unspecified atom stereocenters. The number of carbonyl (C=O) groups is 2. The molecular formula is C4H6O9S2. The van der Waals surface area contributed by atoms with Gasteiger partial charge in [-0.2, -0.15) is 16.8 Å². The Balaban J connectivity index is 4.74. The van der Waals surface area contributed by atoms with Crippen molar-refractivity contribution in [3.05, 3.63) is 0 Å². The van der Waals surface area contributed by atoms with Crippen molar-refractivity contribution in [3.8, 4) is 0 Å². The van der Waals surface area contributed by atoms with Crippen molar-refractivity contribution in [1.82, 2.24) is 0 Å². The fourth-order valence-electron chi connectivity index (χ4n) is 0.417. The molecule has 0 heterocycles. The first-order valence-electron chi connectivity index (χ1n) is 3.15. The Hall–Kier alpha value is -1.20. The summed E-state index contributed by atoms with van der Waals surface area (Å²) in [7, 11) is -10.2. The molecule has 9 nitrogen and oxygen atoms in total. The Morgan fingerprint density at radius 2 is 1.07 bits per heavy atom. The van der Waals surface area contributed by atoms with Gasteiger partial charge in [-0.25, -0.2) is 0 Å². The van der Waals surface area contributed by atoms with E-state index in [0.717, 1.165) is 0 Å². The third-order valence-electron chi connectivity index (χ3n) is 0.605. The fraction of sp³-hybridized carbons (Fsp3) is 0.500. The van der Waals surface area contributed by atoms with Crippen LogP contribution in [0.5, 0.6) is 0 Å². The molecule has 0 rings (SSSR count). The standard InChI is InChI=1S/C4H6O9S2/c1-3(5)11-14(7,8)13-15(9,10)12-4(2)6/h1-2H3. The van der Waals surface area contributed by atoms with Gasteiger partial charge in [0, 0.05) is 13.8 Å². The van der Waals surface area contributed by atoms with E-state index in [2.05, 4.69) is 12.0 Å². The maximum Gasteiger partial charge on any atom is 0.468 e. The Labute approximate surface area is 85.6 Å². The van der Waals surface area contributed by atoms with Gasteiger partial charge in [0.05, 0.1) is 0 Å². The average Bonchev–Trinajstić information content (AvgIpc) is 1.73. The van der Waals surface area contributed by atoms with Crippen molar-refractivity contribution in [2.24, 2.45) is 0 Å². The van der Waals surface area contributed by atoms with Gasteiger partial charge in [0.1, 0.15) is 0 Å². The third kappa shape index (κ3) is 6.82. The molecule has 11 heteroatoms. The molecule has 0 spiro atoms. The van der Waals surface area contributed by atoms with E-state index in [1.165, 1.54) is 0 Å². The minimum absolute atomic E-state index is 0.708. The molecule has 0 bridgehead atoms. The molecule has 88 valence electrons. The number of rotatable bonds is 4. The van der Waals surface area contributed by atoms with Crippen molar-refractivity contribution in [3.63, 3.8) is 0 Å².